The fraction of sp³-hybridized carbons (Fsp3) is 0.278. The van der Waals surface area contributed by atoms with Crippen molar-refractivity contribution in [2.24, 2.45) is 0 Å². The van der Waals surface area contributed by atoms with Gasteiger partial charge < -0.3 is 30.2 Å². The van der Waals surface area contributed by atoms with E-state index < -0.39 is 30.3 Å². The van der Waals surface area contributed by atoms with Gasteiger partial charge in [-0.1, -0.05) is 0 Å². The highest BCUT2D eigenvalue weighted by Gasteiger charge is 2.29. The summed E-state index contributed by atoms with van der Waals surface area (Å²) in [5.74, 6) is -3.11. The van der Waals surface area contributed by atoms with Gasteiger partial charge in [-0.2, -0.15) is 0 Å². The summed E-state index contributed by atoms with van der Waals surface area (Å²) in [6.45, 7) is 2.94. The molecule has 0 fully saturated rings. The third kappa shape index (κ3) is 4.52. The van der Waals surface area contributed by atoms with E-state index in [1.54, 1.807) is 13.8 Å². The maximum atomic E-state index is 12.2. The first-order chi connectivity index (χ1) is 13.3. The van der Waals surface area contributed by atoms with Crippen molar-refractivity contribution < 1.29 is 38.8 Å². The van der Waals surface area contributed by atoms with E-state index >= 15 is 0 Å². The second-order valence-electron chi connectivity index (χ2n) is 5.37. The topological polar surface area (TPSA) is 145 Å². The lowest BCUT2D eigenvalue weighted by atomic mass is 10.1. The number of esters is 3. The molecule has 150 valence electrons. The lowest BCUT2D eigenvalue weighted by Crippen LogP contribution is -2.14. The number of nitrogen functional groups attached to an aromatic ring is 1. The van der Waals surface area contributed by atoms with E-state index in [1.807, 2.05) is 0 Å². The van der Waals surface area contributed by atoms with Crippen molar-refractivity contribution in [3.63, 3.8) is 0 Å². The number of phenolic OH excluding ortho intramolecular Hbond substituents is 2. The van der Waals surface area contributed by atoms with Gasteiger partial charge in [0.2, 0.25) is 0 Å². The molecule has 0 amide bonds. The number of carbonyl (C=O) groups excluding carboxylic acids is 3. The number of phenols is 2. The van der Waals surface area contributed by atoms with Gasteiger partial charge in [-0.3, -0.25) is 0 Å². The summed E-state index contributed by atoms with van der Waals surface area (Å²) >= 11 is 0.824. The van der Waals surface area contributed by atoms with Crippen LogP contribution in [-0.2, 0) is 20.8 Å². The van der Waals surface area contributed by atoms with E-state index in [0.29, 0.717) is 0 Å². The van der Waals surface area contributed by atoms with Crippen LogP contribution in [0.5, 0.6) is 11.5 Å². The molecule has 28 heavy (non-hydrogen) atoms. The van der Waals surface area contributed by atoms with E-state index in [4.69, 9.17) is 19.9 Å². The number of nitrogens with two attached hydrogens (primary N) is 1. The Bertz CT molecular complexity index is 905. The maximum Gasteiger partial charge on any atom is 0.348 e. The number of aromatic hydroxyl groups is 2. The van der Waals surface area contributed by atoms with Crippen molar-refractivity contribution in [3.05, 3.63) is 39.8 Å². The van der Waals surface area contributed by atoms with E-state index in [0.717, 1.165) is 17.4 Å². The zero-order valence-electron chi connectivity index (χ0n) is 15.2. The monoisotopic (exact) mass is 409 g/mol. The van der Waals surface area contributed by atoms with Gasteiger partial charge in [0, 0.05) is 11.6 Å². The molecule has 2 rings (SSSR count). The standard InChI is InChI=1S/C18H19NO8S/c1-3-25-17(23)13-11(14(28-15(13)19)18(24)26-4-2)8-27-16(22)10-6-5-9(20)7-12(10)21/h5-7,20-21H,3-4,8,19H2,1-2H3. The van der Waals surface area contributed by atoms with Crippen LogP contribution < -0.4 is 5.73 Å². The molecule has 0 bridgehead atoms. The highest BCUT2D eigenvalue weighted by atomic mass is 32.1. The smallest absolute Gasteiger partial charge is 0.348 e. The van der Waals surface area contributed by atoms with Crippen LogP contribution in [0.1, 0.15) is 49.8 Å². The van der Waals surface area contributed by atoms with Crippen molar-refractivity contribution >= 4 is 34.2 Å². The van der Waals surface area contributed by atoms with E-state index in [2.05, 4.69) is 0 Å². The molecule has 0 saturated heterocycles. The van der Waals surface area contributed by atoms with E-state index in [9.17, 15) is 24.6 Å². The zero-order chi connectivity index (χ0) is 20.8. The van der Waals surface area contributed by atoms with Crippen LogP contribution >= 0.6 is 11.3 Å². The fourth-order valence-corrected chi connectivity index (χ4v) is 3.27. The van der Waals surface area contributed by atoms with E-state index in [1.165, 1.54) is 12.1 Å². The average Bonchev–Trinajstić information content (AvgIpc) is 2.96. The van der Waals surface area contributed by atoms with Gasteiger partial charge in [0.05, 0.1) is 13.2 Å². The van der Waals surface area contributed by atoms with Crippen LogP contribution in [0.4, 0.5) is 5.00 Å². The first-order valence-electron chi connectivity index (χ1n) is 8.24. The molecule has 1 aromatic carbocycles. The molecular formula is C18H19NO8S. The molecule has 1 heterocycles. The van der Waals surface area contributed by atoms with Crippen molar-refractivity contribution in [1.82, 2.24) is 0 Å². The van der Waals surface area contributed by atoms with Crippen LogP contribution in [0.15, 0.2) is 18.2 Å². The summed E-state index contributed by atoms with van der Waals surface area (Å²) in [5.41, 5.74) is 5.66. The Labute approximate surface area is 164 Å². The summed E-state index contributed by atoms with van der Waals surface area (Å²) in [6.07, 6.45) is 0. The van der Waals surface area contributed by atoms with Crippen LogP contribution in [-0.4, -0.2) is 41.3 Å². The minimum Gasteiger partial charge on any atom is -0.508 e. The first kappa shape index (κ1) is 21.0. The quantitative estimate of drug-likeness (QED) is 0.463. The molecule has 0 unspecified atom stereocenters. The van der Waals surface area contributed by atoms with Crippen molar-refractivity contribution in [1.29, 1.82) is 0 Å². The number of rotatable bonds is 7. The van der Waals surface area contributed by atoms with Gasteiger partial charge in [-0.25, -0.2) is 14.4 Å². The maximum absolute atomic E-state index is 12.2. The first-order valence-corrected chi connectivity index (χ1v) is 9.06. The molecule has 1 aromatic heterocycles. The van der Waals surface area contributed by atoms with Crippen molar-refractivity contribution in [2.45, 2.75) is 20.5 Å². The van der Waals surface area contributed by atoms with E-state index in [-0.39, 0.29) is 45.5 Å². The minimum absolute atomic E-state index is 0.0186. The number of benzene rings is 1. The van der Waals surface area contributed by atoms with Crippen molar-refractivity contribution in [2.75, 3.05) is 18.9 Å². The molecule has 0 aliphatic rings. The molecule has 10 heteroatoms. The van der Waals surface area contributed by atoms with Gasteiger partial charge >= 0.3 is 17.9 Å². The summed E-state index contributed by atoms with van der Waals surface area (Å²) < 4.78 is 15.1. The SMILES string of the molecule is CCOC(=O)c1sc(N)c(C(=O)OCC)c1COC(=O)c1ccc(O)cc1O. The molecular weight excluding hydrogens is 390 g/mol. The van der Waals surface area contributed by atoms with Gasteiger partial charge in [-0.05, 0) is 26.0 Å². The number of thiophene rings is 1. The second-order valence-corrected chi connectivity index (χ2v) is 6.42. The Morgan fingerprint density at radius 1 is 1.00 bits per heavy atom. The summed E-state index contributed by atoms with van der Waals surface area (Å²) in [4.78, 5) is 36.7. The minimum atomic E-state index is -0.924. The van der Waals surface area contributed by atoms with Crippen LogP contribution in [0.2, 0.25) is 0 Å². The summed E-state index contributed by atoms with van der Waals surface area (Å²) in [7, 11) is 0. The van der Waals surface area contributed by atoms with Gasteiger partial charge in [0.25, 0.3) is 0 Å². The second kappa shape index (κ2) is 9.09. The Hall–Kier alpha value is -3.27. The zero-order valence-corrected chi connectivity index (χ0v) is 16.0. The van der Waals surface area contributed by atoms with Gasteiger partial charge in [-0.15, -0.1) is 11.3 Å². The lowest BCUT2D eigenvalue weighted by molar-refractivity contribution is 0.0435. The third-order valence-electron chi connectivity index (χ3n) is 3.52. The molecule has 0 radical (unpaired) electrons. The highest BCUT2D eigenvalue weighted by molar-refractivity contribution is 7.18. The predicted molar refractivity (Wildman–Crippen MR) is 99.5 cm³/mol. The number of hydrogen-bond donors (Lipinski definition) is 3. The number of carbonyl (C=O) groups is 3. The molecule has 0 aliphatic carbocycles. The Kier molecular flexibility index (Phi) is 6.83. The van der Waals surface area contributed by atoms with Crippen LogP contribution in [0.3, 0.4) is 0 Å². The van der Waals surface area contributed by atoms with Crippen LogP contribution in [0.25, 0.3) is 0 Å². The molecule has 4 N–H and O–H groups in total. The predicted octanol–water partition coefficient (Wildman–Crippen LogP) is 2.45. The summed E-state index contributed by atoms with van der Waals surface area (Å²) in [6, 6.07) is 3.35. The molecule has 9 nitrogen and oxygen atoms in total. The number of anilines is 1. The summed E-state index contributed by atoms with van der Waals surface area (Å²) in [5, 5.41) is 19.1. The van der Waals surface area contributed by atoms with Crippen molar-refractivity contribution in [3.8, 4) is 11.5 Å². The molecule has 0 saturated carbocycles. The highest BCUT2D eigenvalue weighted by Crippen LogP contribution is 2.33. The van der Waals surface area contributed by atoms with Gasteiger partial charge in [0.15, 0.2) is 0 Å². The number of ether oxygens (including phenoxy) is 3. The molecule has 2 aromatic rings. The Morgan fingerprint density at radius 2 is 1.64 bits per heavy atom. The lowest BCUT2D eigenvalue weighted by Gasteiger charge is -2.10. The van der Waals surface area contributed by atoms with Crippen LogP contribution in [0, 0.1) is 0 Å². The Morgan fingerprint density at radius 3 is 2.25 bits per heavy atom. The Balaban J connectivity index is 2.34. The average molecular weight is 409 g/mol. The number of hydrogen-bond acceptors (Lipinski definition) is 10. The molecule has 0 aliphatic heterocycles. The fourth-order valence-electron chi connectivity index (χ4n) is 2.32. The largest absolute Gasteiger partial charge is 0.508 e. The normalized spacial score (nSPS) is 10.4. The van der Waals surface area contributed by atoms with Gasteiger partial charge in [0.1, 0.15) is 39.1 Å². The third-order valence-corrected chi connectivity index (χ3v) is 4.56. The molecule has 0 spiro atoms. The molecule has 0 atom stereocenters.